The van der Waals surface area contributed by atoms with Crippen molar-refractivity contribution >= 4 is 23.2 Å². The molecule has 0 unspecified atom stereocenters. The molecule has 7 heteroatoms. The predicted octanol–water partition coefficient (Wildman–Crippen LogP) is 6.88. The molecule has 0 aliphatic rings. The van der Waals surface area contributed by atoms with Crippen molar-refractivity contribution in [2.45, 2.75) is 6.18 Å². The lowest BCUT2D eigenvalue weighted by Crippen LogP contribution is -2.18. The smallest absolute Gasteiger partial charge is 0.322 e. The molecular weight excluding hydrogens is 441 g/mol. The predicted molar refractivity (Wildman–Crippen MR) is 126 cm³/mol. The van der Waals surface area contributed by atoms with Gasteiger partial charge in [0.05, 0.1) is 16.8 Å². The van der Waals surface area contributed by atoms with E-state index in [0.29, 0.717) is 5.56 Å². The Balaban J connectivity index is 1.54. The summed E-state index contributed by atoms with van der Waals surface area (Å²) >= 11 is 0. The third kappa shape index (κ3) is 5.32. The molecule has 0 atom stereocenters. The molecule has 34 heavy (non-hydrogen) atoms. The standard InChI is InChI=1S/C27H19F3N2O2/c28-27(29,30)21-12-7-13-22(17-21)31-26(34)23-14-4-5-15-24(23)32-25(33)20-11-6-10-19(16-20)18-8-2-1-3-9-18/h1-17H,(H,31,34)(H,32,33). The minimum Gasteiger partial charge on any atom is -0.322 e. The highest BCUT2D eigenvalue weighted by Crippen LogP contribution is 2.31. The number of hydrogen-bond donors (Lipinski definition) is 2. The molecule has 0 radical (unpaired) electrons. The number of alkyl halides is 3. The number of amides is 2. The van der Waals surface area contributed by atoms with E-state index in [1.807, 2.05) is 36.4 Å². The Bertz CT molecular complexity index is 1340. The molecule has 0 aliphatic heterocycles. The topological polar surface area (TPSA) is 58.2 Å². The fraction of sp³-hybridized carbons (Fsp3) is 0.0370. The number of para-hydroxylation sites is 1. The molecule has 0 fully saturated rings. The van der Waals surface area contributed by atoms with E-state index < -0.39 is 23.6 Å². The summed E-state index contributed by atoms with van der Waals surface area (Å²) in [6.45, 7) is 0. The van der Waals surface area contributed by atoms with Gasteiger partial charge in [-0.3, -0.25) is 9.59 Å². The SMILES string of the molecule is O=C(Nc1ccccc1C(=O)Nc1cccc(C(F)(F)F)c1)c1cccc(-c2ccccc2)c1. The molecule has 4 aromatic rings. The molecule has 0 saturated carbocycles. The van der Waals surface area contributed by atoms with E-state index in [1.165, 1.54) is 18.2 Å². The molecule has 0 aliphatic carbocycles. The summed E-state index contributed by atoms with van der Waals surface area (Å²) < 4.78 is 38.9. The minimum absolute atomic E-state index is 0.00323. The third-order valence-corrected chi connectivity index (χ3v) is 5.10. The fourth-order valence-electron chi connectivity index (χ4n) is 3.43. The molecule has 2 amide bonds. The molecular formula is C27H19F3N2O2. The van der Waals surface area contributed by atoms with Crippen molar-refractivity contribution in [3.8, 4) is 11.1 Å². The Morgan fingerprint density at radius 2 is 1.29 bits per heavy atom. The Morgan fingerprint density at radius 3 is 2.06 bits per heavy atom. The van der Waals surface area contributed by atoms with Crippen molar-refractivity contribution in [3.63, 3.8) is 0 Å². The lowest BCUT2D eigenvalue weighted by atomic mass is 10.0. The monoisotopic (exact) mass is 460 g/mol. The van der Waals surface area contributed by atoms with Crippen LogP contribution in [0.5, 0.6) is 0 Å². The maximum absolute atomic E-state index is 13.0. The van der Waals surface area contributed by atoms with Gasteiger partial charge in [0, 0.05) is 11.3 Å². The highest BCUT2D eigenvalue weighted by atomic mass is 19.4. The summed E-state index contributed by atoms with van der Waals surface area (Å²) in [7, 11) is 0. The van der Waals surface area contributed by atoms with Gasteiger partial charge in [-0.05, 0) is 53.6 Å². The van der Waals surface area contributed by atoms with Crippen LogP contribution in [0.4, 0.5) is 24.5 Å². The summed E-state index contributed by atoms with van der Waals surface area (Å²) in [6, 6.07) is 27.3. The van der Waals surface area contributed by atoms with Gasteiger partial charge in [-0.25, -0.2) is 0 Å². The molecule has 170 valence electrons. The van der Waals surface area contributed by atoms with E-state index in [1.54, 1.807) is 36.4 Å². The number of rotatable bonds is 5. The molecule has 0 heterocycles. The molecule has 0 saturated heterocycles. The highest BCUT2D eigenvalue weighted by Gasteiger charge is 2.30. The Hall–Kier alpha value is -4.39. The molecule has 4 aromatic carbocycles. The molecule has 0 spiro atoms. The first-order valence-electron chi connectivity index (χ1n) is 10.4. The average molecular weight is 460 g/mol. The first kappa shape index (κ1) is 22.8. The summed E-state index contributed by atoms with van der Waals surface area (Å²) in [6.07, 6.45) is -4.53. The number of nitrogens with one attached hydrogen (secondary N) is 2. The van der Waals surface area contributed by atoms with Gasteiger partial charge >= 0.3 is 6.18 Å². The van der Waals surface area contributed by atoms with E-state index in [-0.39, 0.29) is 16.9 Å². The maximum atomic E-state index is 13.0. The molecule has 0 bridgehead atoms. The average Bonchev–Trinajstić information content (AvgIpc) is 2.84. The second-order valence-electron chi connectivity index (χ2n) is 7.48. The Kier molecular flexibility index (Phi) is 6.45. The van der Waals surface area contributed by atoms with E-state index in [0.717, 1.165) is 23.3 Å². The summed E-state index contributed by atoms with van der Waals surface area (Å²) in [5, 5.41) is 5.19. The number of carbonyl (C=O) groups excluding carboxylic acids is 2. The Labute approximate surface area is 194 Å². The zero-order valence-corrected chi connectivity index (χ0v) is 17.8. The zero-order chi connectivity index (χ0) is 24.1. The van der Waals surface area contributed by atoms with Gasteiger partial charge in [-0.2, -0.15) is 13.2 Å². The van der Waals surface area contributed by atoms with Gasteiger partial charge in [0.1, 0.15) is 0 Å². The van der Waals surface area contributed by atoms with Gasteiger partial charge in [0.2, 0.25) is 0 Å². The van der Waals surface area contributed by atoms with Crippen LogP contribution in [0.3, 0.4) is 0 Å². The fourth-order valence-corrected chi connectivity index (χ4v) is 3.43. The summed E-state index contributed by atoms with van der Waals surface area (Å²) in [5.41, 5.74) is 1.70. The maximum Gasteiger partial charge on any atom is 0.416 e. The lowest BCUT2D eigenvalue weighted by Gasteiger charge is -2.13. The van der Waals surface area contributed by atoms with Crippen molar-refractivity contribution < 1.29 is 22.8 Å². The first-order chi connectivity index (χ1) is 16.3. The largest absolute Gasteiger partial charge is 0.416 e. The van der Waals surface area contributed by atoms with Crippen molar-refractivity contribution in [1.29, 1.82) is 0 Å². The minimum atomic E-state index is -4.53. The van der Waals surface area contributed by atoms with Gasteiger partial charge in [-0.1, -0.05) is 60.7 Å². The number of anilines is 2. The number of benzene rings is 4. The van der Waals surface area contributed by atoms with Crippen LogP contribution in [-0.2, 0) is 6.18 Å². The summed E-state index contributed by atoms with van der Waals surface area (Å²) in [5.74, 6) is -1.06. The van der Waals surface area contributed by atoms with Crippen molar-refractivity contribution in [3.05, 3.63) is 120 Å². The first-order valence-corrected chi connectivity index (χ1v) is 10.4. The number of carbonyl (C=O) groups is 2. The quantitative estimate of drug-likeness (QED) is 0.341. The third-order valence-electron chi connectivity index (χ3n) is 5.10. The van der Waals surface area contributed by atoms with Gasteiger partial charge < -0.3 is 10.6 Å². The molecule has 4 nitrogen and oxygen atoms in total. The molecule has 0 aromatic heterocycles. The van der Waals surface area contributed by atoms with Crippen LogP contribution in [0.1, 0.15) is 26.3 Å². The normalized spacial score (nSPS) is 11.0. The summed E-state index contributed by atoms with van der Waals surface area (Å²) in [4.78, 5) is 25.7. The van der Waals surface area contributed by atoms with Gasteiger partial charge in [0.25, 0.3) is 11.8 Å². The Morgan fingerprint density at radius 1 is 0.618 bits per heavy atom. The van der Waals surface area contributed by atoms with Crippen LogP contribution in [0.25, 0.3) is 11.1 Å². The van der Waals surface area contributed by atoms with Gasteiger partial charge in [0.15, 0.2) is 0 Å². The van der Waals surface area contributed by atoms with Gasteiger partial charge in [-0.15, -0.1) is 0 Å². The van der Waals surface area contributed by atoms with E-state index in [2.05, 4.69) is 10.6 Å². The van der Waals surface area contributed by atoms with Crippen LogP contribution < -0.4 is 10.6 Å². The van der Waals surface area contributed by atoms with Crippen molar-refractivity contribution in [2.75, 3.05) is 10.6 Å². The molecule has 2 N–H and O–H groups in total. The van der Waals surface area contributed by atoms with Crippen molar-refractivity contribution in [1.82, 2.24) is 0 Å². The van der Waals surface area contributed by atoms with Crippen LogP contribution in [-0.4, -0.2) is 11.8 Å². The number of hydrogen-bond acceptors (Lipinski definition) is 2. The highest BCUT2D eigenvalue weighted by molar-refractivity contribution is 6.12. The van der Waals surface area contributed by atoms with Crippen LogP contribution >= 0.6 is 0 Å². The lowest BCUT2D eigenvalue weighted by molar-refractivity contribution is -0.137. The van der Waals surface area contributed by atoms with Crippen LogP contribution in [0.15, 0.2) is 103 Å². The van der Waals surface area contributed by atoms with Crippen LogP contribution in [0.2, 0.25) is 0 Å². The second-order valence-corrected chi connectivity index (χ2v) is 7.48. The second kappa shape index (κ2) is 9.62. The van der Waals surface area contributed by atoms with Crippen LogP contribution in [0, 0.1) is 0 Å². The van der Waals surface area contributed by atoms with E-state index in [4.69, 9.17) is 0 Å². The number of halogens is 3. The van der Waals surface area contributed by atoms with E-state index >= 15 is 0 Å². The van der Waals surface area contributed by atoms with E-state index in [9.17, 15) is 22.8 Å². The zero-order valence-electron chi connectivity index (χ0n) is 17.8. The van der Waals surface area contributed by atoms with Crippen molar-refractivity contribution in [2.24, 2.45) is 0 Å². The molecule has 4 rings (SSSR count).